The van der Waals surface area contributed by atoms with Crippen LogP contribution in [-0.4, -0.2) is 30.1 Å². The molecule has 0 saturated carbocycles. The molecule has 0 bridgehead atoms. The zero-order valence-corrected chi connectivity index (χ0v) is 17.8. The molecule has 0 fully saturated rings. The van der Waals surface area contributed by atoms with Gasteiger partial charge in [-0.25, -0.2) is 9.98 Å². The molecule has 5 nitrogen and oxygen atoms in total. The maximum Gasteiger partial charge on any atom is 0.416 e. The fourth-order valence-electron chi connectivity index (χ4n) is 3.94. The Kier molecular flexibility index (Phi) is 5.64. The van der Waals surface area contributed by atoms with Crippen LogP contribution in [0.4, 0.5) is 19.0 Å². The van der Waals surface area contributed by atoms with Crippen molar-refractivity contribution >= 4 is 11.7 Å². The quantitative estimate of drug-likeness (QED) is 0.751. The van der Waals surface area contributed by atoms with Gasteiger partial charge in [-0.1, -0.05) is 18.2 Å². The number of nitrogens with zero attached hydrogens (tertiary/aromatic N) is 3. The van der Waals surface area contributed by atoms with Gasteiger partial charge in [0.15, 0.2) is 0 Å². The van der Waals surface area contributed by atoms with Crippen molar-refractivity contribution < 1.29 is 13.2 Å². The molecule has 1 aromatic heterocycles. The highest BCUT2D eigenvalue weighted by atomic mass is 19.4. The molecule has 8 heteroatoms. The number of aryl methyl sites for hydroxylation is 1. The van der Waals surface area contributed by atoms with Crippen molar-refractivity contribution in [3.8, 4) is 0 Å². The van der Waals surface area contributed by atoms with Gasteiger partial charge in [-0.05, 0) is 50.1 Å². The van der Waals surface area contributed by atoms with Crippen molar-refractivity contribution in [1.82, 2.24) is 15.6 Å². The van der Waals surface area contributed by atoms with E-state index < -0.39 is 11.7 Å². The number of halogens is 3. The fraction of sp³-hybridized carbons (Fsp3) is 0.391. The van der Waals surface area contributed by atoms with Crippen LogP contribution >= 0.6 is 0 Å². The average molecular weight is 429 g/mol. The zero-order valence-electron chi connectivity index (χ0n) is 17.8. The SMILES string of the molecule is Cc1ccc(N2CCC3=C(C2)C(NC(C)c2cccc(C(F)(F)F)c2)=NC(C)N3)nc1. The van der Waals surface area contributed by atoms with E-state index in [0.29, 0.717) is 12.1 Å². The van der Waals surface area contributed by atoms with Gasteiger partial charge in [0, 0.05) is 43.0 Å². The number of aliphatic imine (C=N–C) groups is 1. The Morgan fingerprint density at radius 2 is 2.03 bits per heavy atom. The normalized spacial score (nSPS) is 20.0. The van der Waals surface area contributed by atoms with Crippen LogP contribution in [0.15, 0.2) is 58.9 Å². The van der Waals surface area contributed by atoms with Crippen LogP contribution in [0.25, 0.3) is 0 Å². The van der Waals surface area contributed by atoms with Gasteiger partial charge in [0.1, 0.15) is 17.8 Å². The molecule has 0 aliphatic carbocycles. The highest BCUT2D eigenvalue weighted by Gasteiger charge is 2.31. The number of alkyl halides is 3. The standard InChI is InChI=1S/C23H26F3N5/c1-14-7-8-21(27-12-14)31-10-9-20-19(13-31)22(30-16(3)29-20)28-15(2)17-5-4-6-18(11-17)23(24,25)26/h4-8,11-12,15-16,29H,9-10,13H2,1-3H3,(H,28,30). The summed E-state index contributed by atoms with van der Waals surface area (Å²) < 4.78 is 39.4. The van der Waals surface area contributed by atoms with E-state index in [4.69, 9.17) is 4.99 Å². The van der Waals surface area contributed by atoms with Gasteiger partial charge in [-0.15, -0.1) is 0 Å². The largest absolute Gasteiger partial charge is 0.416 e. The molecule has 0 amide bonds. The van der Waals surface area contributed by atoms with Crippen LogP contribution < -0.4 is 15.5 Å². The minimum absolute atomic E-state index is 0.0981. The molecule has 0 saturated heterocycles. The molecule has 1 aromatic carbocycles. The second-order valence-corrected chi connectivity index (χ2v) is 8.11. The summed E-state index contributed by atoms with van der Waals surface area (Å²) in [4.78, 5) is 11.4. The van der Waals surface area contributed by atoms with E-state index in [0.717, 1.165) is 47.5 Å². The first-order valence-corrected chi connectivity index (χ1v) is 10.4. The average Bonchev–Trinajstić information content (AvgIpc) is 2.73. The lowest BCUT2D eigenvalue weighted by Crippen LogP contribution is -2.46. The summed E-state index contributed by atoms with van der Waals surface area (Å²) in [5, 5.41) is 6.79. The third-order valence-electron chi connectivity index (χ3n) is 5.62. The molecule has 31 heavy (non-hydrogen) atoms. The smallest absolute Gasteiger partial charge is 0.367 e. The Balaban J connectivity index is 1.56. The van der Waals surface area contributed by atoms with Gasteiger partial charge < -0.3 is 15.5 Å². The molecule has 2 N–H and O–H groups in total. The highest BCUT2D eigenvalue weighted by Crippen LogP contribution is 2.31. The summed E-state index contributed by atoms with van der Waals surface area (Å²) in [6, 6.07) is 9.16. The van der Waals surface area contributed by atoms with Crippen molar-refractivity contribution in [2.24, 2.45) is 4.99 Å². The van der Waals surface area contributed by atoms with Crippen LogP contribution in [0.2, 0.25) is 0 Å². The fourth-order valence-corrected chi connectivity index (χ4v) is 3.94. The molecule has 2 aliphatic heterocycles. The summed E-state index contributed by atoms with van der Waals surface area (Å²) in [5.74, 6) is 1.63. The third-order valence-corrected chi connectivity index (χ3v) is 5.62. The molecular weight excluding hydrogens is 403 g/mol. The Hall–Kier alpha value is -3.03. The highest BCUT2D eigenvalue weighted by molar-refractivity contribution is 6.01. The number of pyridine rings is 1. The van der Waals surface area contributed by atoms with Gasteiger partial charge in [0.2, 0.25) is 0 Å². The van der Waals surface area contributed by atoms with Crippen LogP contribution in [0.3, 0.4) is 0 Å². The summed E-state index contributed by atoms with van der Waals surface area (Å²) in [6.45, 7) is 7.29. The van der Waals surface area contributed by atoms with Crippen LogP contribution in [0.1, 0.15) is 43.0 Å². The van der Waals surface area contributed by atoms with Gasteiger partial charge >= 0.3 is 6.18 Å². The summed E-state index contributed by atoms with van der Waals surface area (Å²) in [6.07, 6.45) is -1.78. The van der Waals surface area contributed by atoms with Crippen molar-refractivity contribution in [3.63, 3.8) is 0 Å². The van der Waals surface area contributed by atoms with Crippen LogP contribution in [0, 0.1) is 6.92 Å². The molecule has 0 radical (unpaired) electrons. The lowest BCUT2D eigenvalue weighted by molar-refractivity contribution is -0.137. The van der Waals surface area contributed by atoms with Gasteiger partial charge in [-0.3, -0.25) is 0 Å². The molecule has 0 spiro atoms. The van der Waals surface area contributed by atoms with Crippen molar-refractivity contribution in [2.75, 3.05) is 18.0 Å². The lowest BCUT2D eigenvalue weighted by Gasteiger charge is -2.37. The zero-order chi connectivity index (χ0) is 22.2. The molecule has 2 unspecified atom stereocenters. The number of aromatic nitrogens is 1. The van der Waals surface area contributed by atoms with E-state index in [-0.39, 0.29) is 12.2 Å². The van der Waals surface area contributed by atoms with Gasteiger partial charge in [-0.2, -0.15) is 13.2 Å². The first-order chi connectivity index (χ1) is 14.7. The Morgan fingerprint density at radius 3 is 2.74 bits per heavy atom. The number of hydrogen-bond acceptors (Lipinski definition) is 5. The molecule has 4 rings (SSSR count). The van der Waals surface area contributed by atoms with E-state index in [2.05, 4.69) is 20.5 Å². The number of amidine groups is 1. The summed E-state index contributed by atoms with van der Waals surface area (Å²) >= 11 is 0. The van der Waals surface area contributed by atoms with Gasteiger partial charge in [0.05, 0.1) is 5.56 Å². The molecule has 164 valence electrons. The summed E-state index contributed by atoms with van der Waals surface area (Å²) in [5.41, 5.74) is 3.19. The molecule has 2 atom stereocenters. The second-order valence-electron chi connectivity index (χ2n) is 8.11. The predicted molar refractivity (Wildman–Crippen MR) is 116 cm³/mol. The van der Waals surface area contributed by atoms with E-state index in [9.17, 15) is 13.2 Å². The van der Waals surface area contributed by atoms with Gasteiger partial charge in [0.25, 0.3) is 0 Å². The van der Waals surface area contributed by atoms with E-state index in [1.807, 2.05) is 39.1 Å². The van der Waals surface area contributed by atoms with E-state index in [1.165, 1.54) is 12.1 Å². The monoisotopic (exact) mass is 429 g/mol. The first-order valence-electron chi connectivity index (χ1n) is 10.4. The summed E-state index contributed by atoms with van der Waals surface area (Å²) in [7, 11) is 0. The first kappa shape index (κ1) is 21.2. The van der Waals surface area contributed by atoms with Crippen molar-refractivity contribution in [1.29, 1.82) is 0 Å². The number of nitrogens with one attached hydrogen (secondary N) is 2. The molecule has 2 aromatic rings. The Labute approximate surface area is 180 Å². The molecule has 3 heterocycles. The minimum atomic E-state index is -4.36. The van der Waals surface area contributed by atoms with Crippen molar-refractivity contribution in [2.45, 2.75) is 45.6 Å². The second kappa shape index (κ2) is 8.24. The maximum atomic E-state index is 13.1. The Morgan fingerprint density at radius 1 is 1.23 bits per heavy atom. The van der Waals surface area contributed by atoms with E-state index >= 15 is 0 Å². The lowest BCUT2D eigenvalue weighted by atomic mass is 10.0. The maximum absolute atomic E-state index is 13.1. The molecule has 2 aliphatic rings. The van der Waals surface area contributed by atoms with E-state index in [1.54, 1.807) is 6.07 Å². The van der Waals surface area contributed by atoms with Crippen LogP contribution in [-0.2, 0) is 6.18 Å². The minimum Gasteiger partial charge on any atom is -0.367 e. The van der Waals surface area contributed by atoms with Crippen LogP contribution in [0.5, 0.6) is 0 Å². The topological polar surface area (TPSA) is 52.5 Å². The molecular formula is C23H26F3N5. The number of anilines is 1. The number of rotatable bonds is 3. The van der Waals surface area contributed by atoms with Crippen molar-refractivity contribution in [3.05, 3.63) is 70.6 Å². The number of hydrogen-bond donors (Lipinski definition) is 2. The third kappa shape index (κ3) is 4.68. The predicted octanol–water partition coefficient (Wildman–Crippen LogP) is 4.57. The Bertz CT molecular complexity index is 1010. The number of benzene rings is 1.